The Labute approximate surface area is 146 Å². The van der Waals surface area contributed by atoms with E-state index in [9.17, 15) is 9.59 Å². The van der Waals surface area contributed by atoms with Crippen molar-refractivity contribution in [1.82, 2.24) is 10.3 Å². The number of amides is 3. The van der Waals surface area contributed by atoms with Gasteiger partial charge in [0.25, 0.3) is 0 Å². The van der Waals surface area contributed by atoms with E-state index in [1.807, 2.05) is 31.2 Å². The number of anilines is 2. The summed E-state index contributed by atoms with van der Waals surface area (Å²) in [6.45, 7) is 2.34. The van der Waals surface area contributed by atoms with Gasteiger partial charge in [-0.25, -0.2) is 9.78 Å². The highest BCUT2D eigenvalue weighted by atomic mass is 16.5. The van der Waals surface area contributed by atoms with E-state index in [0.29, 0.717) is 18.1 Å². The third-order valence-corrected chi connectivity index (χ3v) is 3.98. The van der Waals surface area contributed by atoms with Crippen LogP contribution in [0.15, 0.2) is 42.6 Å². The zero-order chi connectivity index (χ0) is 17.8. The molecule has 0 saturated carbocycles. The predicted molar refractivity (Wildman–Crippen MR) is 94.9 cm³/mol. The molecule has 1 aliphatic heterocycles. The highest BCUT2D eigenvalue weighted by Crippen LogP contribution is 2.25. The van der Waals surface area contributed by atoms with Crippen LogP contribution in [0.4, 0.5) is 16.3 Å². The molecule has 2 N–H and O–H groups in total. The molecule has 1 unspecified atom stereocenters. The second kappa shape index (κ2) is 7.21. The summed E-state index contributed by atoms with van der Waals surface area (Å²) in [7, 11) is 1.58. The molecule has 3 rings (SSSR count). The van der Waals surface area contributed by atoms with Crippen LogP contribution in [0.25, 0.3) is 0 Å². The fourth-order valence-corrected chi connectivity index (χ4v) is 2.77. The van der Waals surface area contributed by atoms with E-state index in [0.717, 1.165) is 11.3 Å². The molecule has 0 aliphatic carbocycles. The number of aromatic nitrogens is 1. The Balaban J connectivity index is 1.61. The van der Waals surface area contributed by atoms with Crippen LogP contribution in [0, 0.1) is 6.92 Å². The number of hydrogen-bond donors (Lipinski definition) is 2. The maximum Gasteiger partial charge on any atom is 0.320 e. The third kappa shape index (κ3) is 4.06. The molecule has 7 heteroatoms. The Morgan fingerprint density at radius 2 is 2.16 bits per heavy atom. The van der Waals surface area contributed by atoms with E-state index in [2.05, 4.69) is 15.6 Å². The summed E-state index contributed by atoms with van der Waals surface area (Å²) in [6, 6.07) is 10.3. The quantitative estimate of drug-likeness (QED) is 0.895. The lowest BCUT2D eigenvalue weighted by Gasteiger charge is -2.18. The number of hydrogen-bond acceptors (Lipinski definition) is 4. The summed E-state index contributed by atoms with van der Waals surface area (Å²) < 4.78 is 5.19. The summed E-state index contributed by atoms with van der Waals surface area (Å²) in [5, 5.41) is 5.51. The van der Waals surface area contributed by atoms with Crippen molar-refractivity contribution < 1.29 is 14.3 Å². The first-order chi connectivity index (χ1) is 12.0. The second-order valence-corrected chi connectivity index (χ2v) is 5.92. The van der Waals surface area contributed by atoms with Crippen LogP contribution in [0.2, 0.25) is 0 Å². The molecule has 2 aromatic rings. The molecule has 7 nitrogen and oxygen atoms in total. The Bertz CT molecular complexity index is 793. The number of aryl methyl sites for hydroxylation is 1. The zero-order valence-corrected chi connectivity index (χ0v) is 14.2. The second-order valence-electron chi connectivity index (χ2n) is 5.92. The molecular weight excluding hydrogens is 320 g/mol. The number of nitrogens with one attached hydrogen (secondary N) is 2. The number of carbonyl (C=O) groups is 2. The van der Waals surface area contributed by atoms with Crippen molar-refractivity contribution in [2.75, 3.05) is 23.9 Å². The lowest BCUT2D eigenvalue weighted by Crippen LogP contribution is -2.39. The van der Waals surface area contributed by atoms with Crippen molar-refractivity contribution in [2.24, 2.45) is 0 Å². The monoisotopic (exact) mass is 340 g/mol. The SMILES string of the molecule is COc1cccc(N2CC(NC(=O)Nc3cc(C)ccn3)CC2=O)c1. The minimum Gasteiger partial charge on any atom is -0.497 e. The van der Waals surface area contributed by atoms with Crippen molar-refractivity contribution >= 4 is 23.4 Å². The fourth-order valence-electron chi connectivity index (χ4n) is 2.77. The van der Waals surface area contributed by atoms with Crippen molar-refractivity contribution in [3.05, 3.63) is 48.2 Å². The first-order valence-corrected chi connectivity index (χ1v) is 8.00. The fraction of sp³-hybridized carbons (Fsp3) is 0.278. The van der Waals surface area contributed by atoms with Gasteiger partial charge in [-0.15, -0.1) is 0 Å². The summed E-state index contributed by atoms with van der Waals surface area (Å²) >= 11 is 0. The molecule has 1 fully saturated rings. The Hall–Kier alpha value is -3.09. The summed E-state index contributed by atoms with van der Waals surface area (Å²) in [4.78, 5) is 30.1. The van der Waals surface area contributed by atoms with Crippen LogP contribution in [-0.4, -0.2) is 36.6 Å². The number of nitrogens with zero attached hydrogens (tertiary/aromatic N) is 2. The smallest absolute Gasteiger partial charge is 0.320 e. The molecule has 1 atom stereocenters. The lowest BCUT2D eigenvalue weighted by atomic mass is 10.2. The van der Waals surface area contributed by atoms with Gasteiger partial charge in [0.1, 0.15) is 11.6 Å². The molecule has 1 aliphatic rings. The first-order valence-electron chi connectivity index (χ1n) is 8.00. The number of ether oxygens (including phenoxy) is 1. The highest BCUT2D eigenvalue weighted by molar-refractivity contribution is 5.97. The molecular formula is C18H20N4O3. The molecule has 25 heavy (non-hydrogen) atoms. The minimum atomic E-state index is -0.372. The van der Waals surface area contributed by atoms with Gasteiger partial charge in [-0.3, -0.25) is 10.1 Å². The summed E-state index contributed by atoms with van der Waals surface area (Å²) in [5.74, 6) is 1.13. The molecule has 1 aromatic heterocycles. The van der Waals surface area contributed by atoms with E-state index in [4.69, 9.17) is 4.74 Å². The number of methoxy groups -OCH3 is 1. The summed E-state index contributed by atoms with van der Waals surface area (Å²) in [6.07, 6.45) is 1.89. The number of pyridine rings is 1. The van der Waals surface area contributed by atoms with Crippen LogP contribution >= 0.6 is 0 Å². The van der Waals surface area contributed by atoms with Gasteiger partial charge in [0.15, 0.2) is 0 Å². The van der Waals surface area contributed by atoms with Gasteiger partial charge >= 0.3 is 6.03 Å². The molecule has 0 bridgehead atoms. The van der Waals surface area contributed by atoms with E-state index in [-0.39, 0.29) is 24.4 Å². The maximum atomic E-state index is 12.3. The molecule has 1 saturated heterocycles. The van der Waals surface area contributed by atoms with E-state index in [1.54, 1.807) is 30.3 Å². The lowest BCUT2D eigenvalue weighted by molar-refractivity contribution is -0.117. The Kier molecular flexibility index (Phi) is 4.83. The van der Waals surface area contributed by atoms with E-state index >= 15 is 0 Å². The molecule has 0 spiro atoms. The Morgan fingerprint density at radius 3 is 2.92 bits per heavy atom. The summed E-state index contributed by atoms with van der Waals surface area (Å²) in [5.41, 5.74) is 1.76. The van der Waals surface area contributed by atoms with Gasteiger partial charge in [0, 0.05) is 30.9 Å². The standard InChI is InChI=1S/C18H20N4O3/c1-12-6-7-19-16(8-12)21-18(24)20-13-9-17(23)22(11-13)14-4-3-5-15(10-14)25-2/h3-8,10,13H,9,11H2,1-2H3,(H2,19,20,21,24). The average Bonchev–Trinajstić information content (AvgIpc) is 2.95. The van der Waals surface area contributed by atoms with Gasteiger partial charge in [-0.05, 0) is 36.8 Å². The van der Waals surface area contributed by atoms with Gasteiger partial charge in [0.05, 0.1) is 13.2 Å². The minimum absolute atomic E-state index is 0.0350. The van der Waals surface area contributed by atoms with Crippen LogP contribution in [0.1, 0.15) is 12.0 Å². The largest absolute Gasteiger partial charge is 0.497 e. The van der Waals surface area contributed by atoms with Crippen LogP contribution in [0.5, 0.6) is 5.75 Å². The van der Waals surface area contributed by atoms with Crippen LogP contribution in [-0.2, 0) is 4.79 Å². The third-order valence-electron chi connectivity index (χ3n) is 3.98. The van der Waals surface area contributed by atoms with Gasteiger partial charge in [0.2, 0.25) is 5.91 Å². The van der Waals surface area contributed by atoms with Crippen molar-refractivity contribution in [3.8, 4) is 5.75 Å². The zero-order valence-electron chi connectivity index (χ0n) is 14.2. The normalized spacial score (nSPS) is 16.6. The van der Waals surface area contributed by atoms with Crippen molar-refractivity contribution in [1.29, 1.82) is 0 Å². The predicted octanol–water partition coefficient (Wildman–Crippen LogP) is 2.33. The van der Waals surface area contributed by atoms with Gasteiger partial charge in [-0.1, -0.05) is 6.07 Å². The number of carbonyl (C=O) groups excluding carboxylic acids is 2. The van der Waals surface area contributed by atoms with E-state index in [1.165, 1.54) is 0 Å². The number of rotatable bonds is 4. The van der Waals surface area contributed by atoms with E-state index < -0.39 is 0 Å². The average molecular weight is 340 g/mol. The van der Waals surface area contributed by atoms with Crippen LogP contribution in [0.3, 0.4) is 0 Å². The van der Waals surface area contributed by atoms with Crippen molar-refractivity contribution in [2.45, 2.75) is 19.4 Å². The molecule has 2 heterocycles. The maximum absolute atomic E-state index is 12.3. The number of urea groups is 1. The Morgan fingerprint density at radius 1 is 1.32 bits per heavy atom. The van der Waals surface area contributed by atoms with Crippen LogP contribution < -0.4 is 20.3 Å². The van der Waals surface area contributed by atoms with Gasteiger partial charge in [-0.2, -0.15) is 0 Å². The van der Waals surface area contributed by atoms with Gasteiger partial charge < -0.3 is 15.0 Å². The topological polar surface area (TPSA) is 83.6 Å². The first kappa shape index (κ1) is 16.8. The molecule has 130 valence electrons. The molecule has 0 radical (unpaired) electrons. The number of benzene rings is 1. The molecule has 1 aromatic carbocycles. The van der Waals surface area contributed by atoms with Crippen molar-refractivity contribution in [3.63, 3.8) is 0 Å². The molecule has 3 amide bonds. The highest BCUT2D eigenvalue weighted by Gasteiger charge is 2.31.